The van der Waals surface area contributed by atoms with E-state index in [2.05, 4.69) is 18.2 Å². The van der Waals surface area contributed by atoms with Gasteiger partial charge in [0.2, 0.25) is 0 Å². The number of hydrogen-bond donors (Lipinski definition) is 0. The average Bonchev–Trinajstić information content (AvgIpc) is 2.82. The van der Waals surface area contributed by atoms with Crippen LogP contribution in [0.5, 0.6) is 17.2 Å². The number of ether oxygens (including phenoxy) is 4. The third-order valence-corrected chi connectivity index (χ3v) is 6.46. The Morgan fingerprint density at radius 3 is 2.26 bits per heavy atom. The van der Waals surface area contributed by atoms with E-state index in [1.165, 1.54) is 5.56 Å². The van der Waals surface area contributed by atoms with Gasteiger partial charge in [-0.3, -0.25) is 0 Å². The summed E-state index contributed by atoms with van der Waals surface area (Å²) >= 11 is 0. The van der Waals surface area contributed by atoms with Crippen LogP contribution in [-0.4, -0.2) is 50.5 Å². The highest BCUT2D eigenvalue weighted by atomic mass is 16.6. The summed E-state index contributed by atoms with van der Waals surface area (Å²) in [5, 5.41) is 4.37. The van der Waals surface area contributed by atoms with Gasteiger partial charge in [0.1, 0.15) is 11.4 Å². The zero-order valence-corrected chi connectivity index (χ0v) is 21.1. The molecule has 0 radical (unpaired) electrons. The SMILES string of the molecule is COc1ccc2cc(CC3CCCCN3C(=O)OC(C)(C)C)c3cc(OC)c(OC)cc3c2c1. The summed E-state index contributed by atoms with van der Waals surface area (Å²) in [6.07, 6.45) is 3.57. The lowest BCUT2D eigenvalue weighted by molar-refractivity contribution is 0.00998. The standard InChI is InChI=1S/C28H35NO5/c1-28(2,3)34-27(30)29-12-8-7-9-20(29)14-19-13-18-10-11-21(31-4)15-22(18)24-17-26(33-6)25(32-5)16-23(19)24/h10-11,13,15-17,20H,7-9,12,14H2,1-6H3. The van der Waals surface area contributed by atoms with Gasteiger partial charge in [-0.2, -0.15) is 0 Å². The van der Waals surface area contributed by atoms with Crippen molar-refractivity contribution in [3.05, 3.63) is 42.0 Å². The number of fused-ring (bicyclic) bond motifs is 3. The van der Waals surface area contributed by atoms with Gasteiger partial charge < -0.3 is 23.8 Å². The summed E-state index contributed by atoms with van der Waals surface area (Å²) in [7, 11) is 4.98. The van der Waals surface area contributed by atoms with Crippen LogP contribution in [0.15, 0.2) is 36.4 Å². The predicted molar refractivity (Wildman–Crippen MR) is 135 cm³/mol. The first-order valence-corrected chi connectivity index (χ1v) is 11.9. The Morgan fingerprint density at radius 1 is 0.912 bits per heavy atom. The Hall–Kier alpha value is -3.15. The molecule has 1 atom stereocenters. The Bertz CT molecular complexity index is 1200. The Kier molecular flexibility index (Phi) is 6.78. The molecule has 34 heavy (non-hydrogen) atoms. The molecule has 4 rings (SSSR count). The molecule has 1 aliphatic rings. The zero-order chi connectivity index (χ0) is 24.5. The third kappa shape index (κ3) is 4.86. The van der Waals surface area contributed by atoms with Crippen molar-refractivity contribution in [1.82, 2.24) is 4.90 Å². The lowest BCUT2D eigenvalue weighted by Crippen LogP contribution is -2.47. The summed E-state index contributed by atoms with van der Waals surface area (Å²) in [6, 6.07) is 12.5. The molecule has 0 bridgehead atoms. The van der Waals surface area contributed by atoms with E-state index in [0.29, 0.717) is 11.5 Å². The molecule has 0 aromatic heterocycles. The Labute approximate surface area is 201 Å². The molecule has 1 unspecified atom stereocenters. The van der Waals surface area contributed by atoms with E-state index in [1.807, 2.05) is 43.9 Å². The van der Waals surface area contributed by atoms with E-state index in [-0.39, 0.29) is 12.1 Å². The summed E-state index contributed by atoms with van der Waals surface area (Å²) in [5.41, 5.74) is 0.659. The highest BCUT2D eigenvalue weighted by molar-refractivity contribution is 6.10. The van der Waals surface area contributed by atoms with Gasteiger partial charge in [0.25, 0.3) is 0 Å². The summed E-state index contributed by atoms with van der Waals surface area (Å²) in [6.45, 7) is 6.46. The van der Waals surface area contributed by atoms with Crippen molar-refractivity contribution in [2.75, 3.05) is 27.9 Å². The normalized spacial score (nSPS) is 16.5. The quantitative estimate of drug-likeness (QED) is 0.411. The fourth-order valence-electron chi connectivity index (χ4n) is 4.85. The maximum Gasteiger partial charge on any atom is 0.410 e. The Morgan fingerprint density at radius 2 is 1.62 bits per heavy atom. The third-order valence-electron chi connectivity index (χ3n) is 6.46. The topological polar surface area (TPSA) is 57.2 Å². The number of piperidine rings is 1. The van der Waals surface area contributed by atoms with Crippen LogP contribution in [-0.2, 0) is 11.2 Å². The molecule has 1 heterocycles. The van der Waals surface area contributed by atoms with Crippen molar-refractivity contribution in [1.29, 1.82) is 0 Å². The molecule has 1 fully saturated rings. The van der Waals surface area contributed by atoms with Gasteiger partial charge >= 0.3 is 6.09 Å². The molecular weight excluding hydrogens is 430 g/mol. The minimum Gasteiger partial charge on any atom is -0.497 e. The van der Waals surface area contributed by atoms with Crippen LogP contribution >= 0.6 is 0 Å². The van der Waals surface area contributed by atoms with Gasteiger partial charge in [-0.25, -0.2) is 4.79 Å². The number of nitrogens with zero attached hydrogens (tertiary/aromatic N) is 1. The minimum atomic E-state index is -0.516. The smallest absolute Gasteiger partial charge is 0.410 e. The van der Waals surface area contributed by atoms with Crippen molar-refractivity contribution < 1.29 is 23.7 Å². The van der Waals surface area contributed by atoms with Crippen LogP contribution in [0.3, 0.4) is 0 Å². The van der Waals surface area contributed by atoms with Crippen LogP contribution in [0.2, 0.25) is 0 Å². The average molecular weight is 466 g/mol. The molecule has 6 nitrogen and oxygen atoms in total. The second-order valence-electron chi connectivity index (χ2n) is 9.90. The van der Waals surface area contributed by atoms with Gasteiger partial charge in [-0.15, -0.1) is 0 Å². The van der Waals surface area contributed by atoms with Gasteiger partial charge in [-0.05, 0) is 97.8 Å². The molecule has 0 N–H and O–H groups in total. The number of carbonyl (C=O) groups excluding carboxylic acids is 1. The predicted octanol–water partition coefficient (Wildman–Crippen LogP) is 6.35. The zero-order valence-electron chi connectivity index (χ0n) is 21.1. The highest BCUT2D eigenvalue weighted by Gasteiger charge is 2.31. The maximum absolute atomic E-state index is 13.0. The second-order valence-corrected chi connectivity index (χ2v) is 9.90. The summed E-state index contributed by atoms with van der Waals surface area (Å²) < 4.78 is 22.5. The van der Waals surface area contributed by atoms with E-state index in [1.54, 1.807) is 21.3 Å². The molecule has 1 saturated heterocycles. The molecule has 6 heteroatoms. The largest absolute Gasteiger partial charge is 0.497 e. The number of hydrogen-bond acceptors (Lipinski definition) is 5. The van der Waals surface area contributed by atoms with Crippen LogP contribution in [0.4, 0.5) is 4.79 Å². The number of rotatable bonds is 5. The number of benzene rings is 3. The first kappa shape index (κ1) is 24.0. The molecule has 0 spiro atoms. The van der Waals surface area contributed by atoms with Crippen molar-refractivity contribution in [3.8, 4) is 17.2 Å². The lowest BCUT2D eigenvalue weighted by atomic mass is 9.90. The van der Waals surface area contributed by atoms with Gasteiger partial charge in [0.05, 0.1) is 21.3 Å². The molecule has 3 aromatic carbocycles. The molecule has 0 saturated carbocycles. The van der Waals surface area contributed by atoms with E-state index >= 15 is 0 Å². The van der Waals surface area contributed by atoms with E-state index in [4.69, 9.17) is 18.9 Å². The monoisotopic (exact) mass is 465 g/mol. The number of likely N-dealkylation sites (tertiary alicyclic amines) is 1. The van der Waals surface area contributed by atoms with E-state index < -0.39 is 5.60 Å². The first-order valence-electron chi connectivity index (χ1n) is 11.9. The fraction of sp³-hybridized carbons (Fsp3) is 0.464. The molecule has 1 amide bonds. The number of methoxy groups -OCH3 is 3. The highest BCUT2D eigenvalue weighted by Crippen LogP contribution is 2.39. The molecule has 3 aromatic rings. The summed E-state index contributed by atoms with van der Waals surface area (Å²) in [4.78, 5) is 14.9. The van der Waals surface area contributed by atoms with Crippen LogP contribution in [0.25, 0.3) is 21.5 Å². The number of carbonyl (C=O) groups is 1. The minimum absolute atomic E-state index is 0.0793. The van der Waals surface area contributed by atoms with Gasteiger partial charge in [-0.1, -0.05) is 12.1 Å². The molecule has 1 aliphatic heterocycles. The van der Waals surface area contributed by atoms with E-state index in [0.717, 1.165) is 59.5 Å². The van der Waals surface area contributed by atoms with Crippen molar-refractivity contribution in [2.24, 2.45) is 0 Å². The van der Waals surface area contributed by atoms with Crippen molar-refractivity contribution >= 4 is 27.6 Å². The first-order chi connectivity index (χ1) is 16.2. The molecule has 182 valence electrons. The second kappa shape index (κ2) is 9.61. The van der Waals surface area contributed by atoms with Crippen molar-refractivity contribution in [2.45, 2.75) is 58.1 Å². The molecular formula is C28H35NO5. The van der Waals surface area contributed by atoms with Gasteiger partial charge in [0.15, 0.2) is 11.5 Å². The summed E-state index contributed by atoms with van der Waals surface area (Å²) in [5.74, 6) is 2.18. The maximum atomic E-state index is 13.0. The fourth-order valence-corrected chi connectivity index (χ4v) is 4.85. The van der Waals surface area contributed by atoms with Gasteiger partial charge in [0, 0.05) is 12.6 Å². The Balaban J connectivity index is 1.82. The number of amides is 1. The van der Waals surface area contributed by atoms with Crippen LogP contribution in [0, 0.1) is 0 Å². The van der Waals surface area contributed by atoms with Crippen LogP contribution < -0.4 is 14.2 Å². The van der Waals surface area contributed by atoms with Crippen LogP contribution in [0.1, 0.15) is 45.6 Å². The lowest BCUT2D eigenvalue weighted by Gasteiger charge is -2.37. The van der Waals surface area contributed by atoms with Crippen molar-refractivity contribution in [3.63, 3.8) is 0 Å². The van der Waals surface area contributed by atoms with E-state index in [9.17, 15) is 4.79 Å². The molecule has 0 aliphatic carbocycles.